The van der Waals surface area contributed by atoms with E-state index in [1.54, 1.807) is 29.5 Å². The van der Waals surface area contributed by atoms with E-state index in [0.29, 0.717) is 0 Å². The maximum Gasteiger partial charge on any atom is 0.326 e. The predicted molar refractivity (Wildman–Crippen MR) is 60.8 cm³/mol. The molecule has 6 heteroatoms. The highest BCUT2D eigenvalue weighted by atomic mass is 127. The van der Waals surface area contributed by atoms with Crippen LogP contribution in [0, 0.1) is 0 Å². The molecule has 80 valence electrons. The fourth-order valence-corrected chi connectivity index (χ4v) is 1.38. The van der Waals surface area contributed by atoms with Crippen molar-refractivity contribution < 1.29 is 14.3 Å². The number of halogens is 1. The Hall–Kier alpha value is -1.05. The van der Waals surface area contributed by atoms with Crippen molar-refractivity contribution >= 4 is 34.3 Å². The van der Waals surface area contributed by atoms with Crippen molar-refractivity contribution in [3.8, 4) is 0 Å². The number of esters is 1. The van der Waals surface area contributed by atoms with Crippen LogP contribution in [0.25, 0.3) is 0 Å². The first-order valence-electron chi connectivity index (χ1n) is 4.27. The van der Waals surface area contributed by atoms with Gasteiger partial charge in [0.2, 0.25) is 5.78 Å². The van der Waals surface area contributed by atoms with Crippen molar-refractivity contribution in [2.75, 3.05) is 6.61 Å². The van der Waals surface area contributed by atoms with Gasteiger partial charge >= 0.3 is 5.97 Å². The summed E-state index contributed by atoms with van der Waals surface area (Å²) in [6, 6.07) is 0. The number of hydrogen-bond acceptors (Lipinski definition) is 5. The van der Waals surface area contributed by atoms with Crippen LogP contribution in [0.15, 0.2) is 18.6 Å². The summed E-state index contributed by atoms with van der Waals surface area (Å²) >= 11 is 1.73. The standard InChI is InChI=1S/C9H9IN2O3/c1-2-15-9(14)7(10)8(13)6-5-11-3-4-12-6/h3-5,7H,2H2,1H3. The van der Waals surface area contributed by atoms with Crippen LogP contribution in [0.1, 0.15) is 17.4 Å². The molecule has 0 saturated carbocycles. The molecule has 0 amide bonds. The number of nitrogens with zero attached hydrogens (tertiary/aromatic N) is 2. The Kier molecular flexibility index (Phi) is 4.60. The molecule has 1 atom stereocenters. The van der Waals surface area contributed by atoms with E-state index in [1.807, 2.05) is 0 Å². The van der Waals surface area contributed by atoms with Gasteiger partial charge in [-0.3, -0.25) is 14.6 Å². The van der Waals surface area contributed by atoms with Crippen LogP contribution in [-0.2, 0) is 9.53 Å². The molecule has 0 saturated heterocycles. The van der Waals surface area contributed by atoms with Gasteiger partial charge in [0.25, 0.3) is 0 Å². The summed E-state index contributed by atoms with van der Waals surface area (Å²) in [5.41, 5.74) is 0.171. The van der Waals surface area contributed by atoms with E-state index in [1.165, 1.54) is 18.6 Å². The summed E-state index contributed by atoms with van der Waals surface area (Å²) in [6.45, 7) is 1.94. The summed E-state index contributed by atoms with van der Waals surface area (Å²) in [6.07, 6.45) is 4.19. The van der Waals surface area contributed by atoms with Gasteiger partial charge in [-0.25, -0.2) is 4.98 Å². The number of Topliss-reactive ketones (excluding diaryl/α,β-unsaturated/α-hetero) is 1. The van der Waals surface area contributed by atoms with E-state index in [9.17, 15) is 9.59 Å². The van der Waals surface area contributed by atoms with Crippen molar-refractivity contribution in [2.24, 2.45) is 0 Å². The van der Waals surface area contributed by atoms with Gasteiger partial charge in [0, 0.05) is 12.4 Å². The first-order chi connectivity index (χ1) is 7.16. The molecule has 0 bridgehead atoms. The summed E-state index contributed by atoms with van der Waals surface area (Å²) in [4.78, 5) is 30.5. The average molecular weight is 320 g/mol. The Balaban J connectivity index is 2.73. The lowest BCUT2D eigenvalue weighted by atomic mass is 10.2. The largest absolute Gasteiger partial charge is 0.465 e. The number of aromatic nitrogens is 2. The highest BCUT2D eigenvalue weighted by Crippen LogP contribution is 2.09. The normalized spacial score (nSPS) is 11.9. The van der Waals surface area contributed by atoms with Gasteiger partial charge in [-0.2, -0.15) is 0 Å². The first-order valence-corrected chi connectivity index (χ1v) is 5.52. The monoisotopic (exact) mass is 320 g/mol. The molecule has 0 aliphatic carbocycles. The molecular weight excluding hydrogens is 311 g/mol. The second kappa shape index (κ2) is 5.74. The molecule has 1 aromatic heterocycles. The number of rotatable bonds is 4. The quantitative estimate of drug-likeness (QED) is 0.272. The molecule has 5 nitrogen and oxygen atoms in total. The van der Waals surface area contributed by atoms with Gasteiger partial charge in [-0.15, -0.1) is 0 Å². The molecular formula is C9H9IN2O3. The van der Waals surface area contributed by atoms with Gasteiger partial charge in [0.15, 0.2) is 3.92 Å². The third-order valence-electron chi connectivity index (χ3n) is 1.54. The summed E-state index contributed by atoms with van der Waals surface area (Å²) in [7, 11) is 0. The van der Waals surface area contributed by atoms with Crippen molar-refractivity contribution in [1.29, 1.82) is 0 Å². The second-order valence-corrected chi connectivity index (χ2v) is 3.82. The molecule has 1 unspecified atom stereocenters. The second-order valence-electron chi connectivity index (χ2n) is 2.57. The highest BCUT2D eigenvalue weighted by Gasteiger charge is 2.26. The van der Waals surface area contributed by atoms with Crippen LogP contribution < -0.4 is 0 Å². The van der Waals surface area contributed by atoms with Crippen LogP contribution in [-0.4, -0.2) is 32.3 Å². The van der Waals surface area contributed by atoms with E-state index in [-0.39, 0.29) is 18.1 Å². The van der Waals surface area contributed by atoms with E-state index in [2.05, 4.69) is 9.97 Å². The van der Waals surface area contributed by atoms with Crippen LogP contribution in [0.4, 0.5) is 0 Å². The van der Waals surface area contributed by atoms with Gasteiger partial charge < -0.3 is 4.74 Å². The molecule has 0 spiro atoms. The summed E-state index contributed by atoms with van der Waals surface area (Å²) in [5, 5.41) is 0. The number of alkyl halides is 1. The number of ether oxygens (including phenoxy) is 1. The van der Waals surface area contributed by atoms with E-state index in [0.717, 1.165) is 0 Å². The van der Waals surface area contributed by atoms with Crippen molar-refractivity contribution in [3.63, 3.8) is 0 Å². The molecule has 0 aliphatic heterocycles. The minimum atomic E-state index is -0.862. The molecule has 0 aromatic carbocycles. The molecule has 15 heavy (non-hydrogen) atoms. The predicted octanol–water partition coefficient (Wildman–Crippen LogP) is 1.03. The smallest absolute Gasteiger partial charge is 0.326 e. The van der Waals surface area contributed by atoms with Crippen LogP contribution >= 0.6 is 22.6 Å². The fourth-order valence-electron chi connectivity index (χ4n) is 0.879. The lowest BCUT2D eigenvalue weighted by molar-refractivity contribution is -0.141. The van der Waals surface area contributed by atoms with Gasteiger partial charge in [0.1, 0.15) is 5.69 Å². The Labute approximate surface area is 100 Å². The zero-order chi connectivity index (χ0) is 11.3. The fraction of sp³-hybridized carbons (Fsp3) is 0.333. The maximum absolute atomic E-state index is 11.7. The molecule has 0 fully saturated rings. The van der Waals surface area contributed by atoms with Crippen molar-refractivity contribution in [3.05, 3.63) is 24.3 Å². The van der Waals surface area contributed by atoms with E-state index >= 15 is 0 Å². The average Bonchev–Trinajstić information content (AvgIpc) is 2.28. The zero-order valence-electron chi connectivity index (χ0n) is 8.01. The van der Waals surface area contributed by atoms with Crippen LogP contribution in [0.5, 0.6) is 0 Å². The Morgan fingerprint density at radius 1 is 1.53 bits per heavy atom. The minimum absolute atomic E-state index is 0.171. The topological polar surface area (TPSA) is 69.2 Å². The van der Waals surface area contributed by atoms with Crippen molar-refractivity contribution in [1.82, 2.24) is 9.97 Å². The van der Waals surface area contributed by atoms with Crippen LogP contribution in [0.2, 0.25) is 0 Å². The highest BCUT2D eigenvalue weighted by molar-refractivity contribution is 14.1. The molecule has 0 radical (unpaired) electrons. The van der Waals surface area contributed by atoms with Gasteiger partial charge in [0.05, 0.1) is 12.8 Å². The number of ketones is 1. The van der Waals surface area contributed by atoms with Gasteiger partial charge in [-0.1, -0.05) is 22.6 Å². The van der Waals surface area contributed by atoms with E-state index in [4.69, 9.17) is 4.74 Å². The maximum atomic E-state index is 11.7. The third-order valence-corrected chi connectivity index (χ3v) is 2.61. The number of carbonyl (C=O) groups is 2. The summed E-state index contributed by atoms with van der Waals surface area (Å²) in [5.74, 6) is -0.934. The number of hydrogen-bond donors (Lipinski definition) is 0. The molecule has 1 rings (SSSR count). The van der Waals surface area contributed by atoms with Crippen molar-refractivity contribution in [2.45, 2.75) is 10.8 Å². The summed E-state index contributed by atoms with van der Waals surface area (Å²) < 4.78 is 3.87. The number of carbonyl (C=O) groups excluding carboxylic acids is 2. The molecule has 0 N–H and O–H groups in total. The Morgan fingerprint density at radius 3 is 2.80 bits per heavy atom. The zero-order valence-corrected chi connectivity index (χ0v) is 10.2. The molecule has 0 aliphatic rings. The Morgan fingerprint density at radius 2 is 2.27 bits per heavy atom. The van der Waals surface area contributed by atoms with Gasteiger partial charge in [-0.05, 0) is 6.92 Å². The molecule has 1 aromatic rings. The SMILES string of the molecule is CCOC(=O)C(I)C(=O)c1cnccn1. The van der Waals surface area contributed by atoms with Crippen LogP contribution in [0.3, 0.4) is 0 Å². The molecule has 1 heterocycles. The first kappa shape index (κ1) is 12.0. The minimum Gasteiger partial charge on any atom is -0.465 e. The lowest BCUT2D eigenvalue weighted by Crippen LogP contribution is -2.27. The third kappa shape index (κ3) is 3.22. The lowest BCUT2D eigenvalue weighted by Gasteiger charge is -2.06. The van der Waals surface area contributed by atoms with E-state index < -0.39 is 9.89 Å². The Bertz CT molecular complexity index is 356.